The minimum absolute atomic E-state index is 0.163. The van der Waals surface area contributed by atoms with Crippen LogP contribution >= 0.6 is 0 Å². The molecule has 3 N–H and O–H groups in total. The van der Waals surface area contributed by atoms with E-state index in [-0.39, 0.29) is 43.1 Å². The van der Waals surface area contributed by atoms with E-state index in [1.807, 2.05) is 0 Å². The second-order valence-electron chi connectivity index (χ2n) is 11.6. The van der Waals surface area contributed by atoms with Gasteiger partial charge in [-0.05, 0) is 67.9 Å². The van der Waals surface area contributed by atoms with Crippen LogP contribution in [0.3, 0.4) is 0 Å². The van der Waals surface area contributed by atoms with Crippen molar-refractivity contribution in [3.8, 4) is 0 Å². The molecule has 45 heavy (non-hydrogen) atoms. The number of carbonyl (C=O) groups excluding carboxylic acids is 4. The summed E-state index contributed by atoms with van der Waals surface area (Å²) in [4.78, 5) is 53.1. The highest BCUT2D eigenvalue weighted by atomic mass is 32.2. The number of fused-ring (bicyclic) bond motifs is 2. The molecular formula is C28H31F4N5O7S. The maximum absolute atomic E-state index is 13.7. The molecule has 2 saturated carbocycles. The highest BCUT2D eigenvalue weighted by Crippen LogP contribution is 2.48. The molecule has 1 aromatic rings. The van der Waals surface area contributed by atoms with Gasteiger partial charge in [0.15, 0.2) is 11.4 Å². The van der Waals surface area contributed by atoms with E-state index in [9.17, 15) is 45.2 Å². The second kappa shape index (κ2) is 12.1. The van der Waals surface area contributed by atoms with Gasteiger partial charge in [0, 0.05) is 19.0 Å². The molecule has 244 valence electrons. The van der Waals surface area contributed by atoms with Crippen LogP contribution in [0, 0.1) is 17.7 Å². The molecule has 1 aromatic carbocycles. The minimum Gasteiger partial charge on any atom is -0.436 e. The SMILES string of the molecule is C[C@H](N(Cc1ccc(F)cc1)C(=O)CN1C[C@]2(CCC3C(=O)C(NC(=O)NS(=O)(=O)NCC4CC4)=CC=C32)OC1=O)C(F)(F)F. The molecule has 12 nitrogen and oxygen atoms in total. The third-order valence-electron chi connectivity index (χ3n) is 8.33. The number of Topliss-reactive ketones (excluding diaryl/α,β-unsaturated/α-hetero) is 1. The molecule has 0 bridgehead atoms. The van der Waals surface area contributed by atoms with Gasteiger partial charge in [-0.25, -0.2) is 18.7 Å². The van der Waals surface area contributed by atoms with E-state index < -0.39 is 76.7 Å². The van der Waals surface area contributed by atoms with Gasteiger partial charge in [-0.1, -0.05) is 18.2 Å². The molecule has 0 radical (unpaired) electrons. The number of alkyl halides is 3. The maximum Gasteiger partial charge on any atom is 0.411 e. The first-order valence-electron chi connectivity index (χ1n) is 14.2. The largest absolute Gasteiger partial charge is 0.436 e. The molecule has 1 unspecified atom stereocenters. The van der Waals surface area contributed by atoms with Crippen molar-refractivity contribution >= 4 is 34.0 Å². The summed E-state index contributed by atoms with van der Waals surface area (Å²) in [6.45, 7) is -0.430. The molecule has 17 heteroatoms. The van der Waals surface area contributed by atoms with Gasteiger partial charge in [0.05, 0.1) is 12.2 Å². The Balaban J connectivity index is 1.26. The minimum atomic E-state index is -4.78. The van der Waals surface area contributed by atoms with Crippen LogP contribution in [0.5, 0.6) is 0 Å². The van der Waals surface area contributed by atoms with Gasteiger partial charge in [0.1, 0.15) is 18.4 Å². The van der Waals surface area contributed by atoms with Crippen LogP contribution in [0.25, 0.3) is 0 Å². The zero-order valence-corrected chi connectivity index (χ0v) is 24.8. The van der Waals surface area contributed by atoms with Crippen molar-refractivity contribution in [2.45, 2.75) is 57.0 Å². The first-order valence-corrected chi connectivity index (χ1v) is 15.7. The third-order valence-corrected chi connectivity index (χ3v) is 9.33. The Bertz CT molecular complexity index is 1560. The van der Waals surface area contributed by atoms with Crippen LogP contribution in [0.1, 0.15) is 38.2 Å². The molecule has 3 aliphatic carbocycles. The molecule has 4 aliphatic rings. The standard InChI is InChI=1S/C28H31F4N5O7S/c1-16(28(30,31)32)37(13-18-4-6-19(29)7-5-18)23(38)14-36-15-27(44-26(36)41)11-10-20-21(27)8-9-22(24(20)39)34-25(40)35-45(42,43)33-12-17-2-3-17/h4-9,16-17,20,33H,2-3,10-15H2,1H3,(H2,34,35,40)/t16-,20?,27-/m0/s1. The number of urea groups is 1. The first-order chi connectivity index (χ1) is 21.1. The Hall–Kier alpha value is -3.99. The number of hydrogen-bond donors (Lipinski definition) is 3. The zero-order valence-electron chi connectivity index (χ0n) is 24.0. The Labute approximate surface area is 256 Å². The normalized spacial score (nSPS) is 23.7. The van der Waals surface area contributed by atoms with E-state index in [2.05, 4.69) is 10.0 Å². The summed E-state index contributed by atoms with van der Waals surface area (Å²) in [7, 11) is -4.14. The van der Waals surface area contributed by atoms with Crippen molar-refractivity contribution in [2.75, 3.05) is 19.6 Å². The Kier molecular flexibility index (Phi) is 8.70. The van der Waals surface area contributed by atoms with Crippen molar-refractivity contribution in [3.05, 3.63) is 59.1 Å². The zero-order chi connectivity index (χ0) is 32.7. The number of amides is 4. The van der Waals surface area contributed by atoms with Crippen molar-refractivity contribution in [1.82, 2.24) is 24.6 Å². The highest BCUT2D eigenvalue weighted by Gasteiger charge is 2.56. The molecule has 4 amide bonds. The smallest absolute Gasteiger partial charge is 0.411 e. The topological polar surface area (TPSA) is 154 Å². The summed E-state index contributed by atoms with van der Waals surface area (Å²) in [6, 6.07) is 1.28. The van der Waals surface area contributed by atoms with Gasteiger partial charge >= 0.3 is 28.5 Å². The van der Waals surface area contributed by atoms with Gasteiger partial charge < -0.3 is 15.0 Å². The van der Waals surface area contributed by atoms with Gasteiger partial charge in [0.25, 0.3) is 0 Å². The van der Waals surface area contributed by atoms with Gasteiger partial charge in [-0.3, -0.25) is 14.5 Å². The van der Waals surface area contributed by atoms with E-state index in [1.165, 1.54) is 24.3 Å². The van der Waals surface area contributed by atoms with Crippen LogP contribution in [-0.2, 0) is 31.1 Å². The number of allylic oxidation sites excluding steroid dienone is 3. The van der Waals surface area contributed by atoms with Crippen molar-refractivity contribution < 1.29 is 49.9 Å². The highest BCUT2D eigenvalue weighted by molar-refractivity contribution is 7.88. The van der Waals surface area contributed by atoms with Crippen LogP contribution < -0.4 is 14.8 Å². The fourth-order valence-electron chi connectivity index (χ4n) is 5.63. The third kappa shape index (κ3) is 7.30. The number of benzene rings is 1. The second-order valence-corrected chi connectivity index (χ2v) is 13.1. The quantitative estimate of drug-likeness (QED) is 0.327. The van der Waals surface area contributed by atoms with Crippen molar-refractivity contribution in [2.24, 2.45) is 11.8 Å². The predicted molar refractivity (Wildman–Crippen MR) is 148 cm³/mol. The Morgan fingerprint density at radius 1 is 1.13 bits per heavy atom. The number of rotatable bonds is 10. The summed E-state index contributed by atoms with van der Waals surface area (Å²) in [5.41, 5.74) is -0.852. The summed E-state index contributed by atoms with van der Waals surface area (Å²) in [5, 5.41) is 2.24. The average molecular weight is 658 g/mol. The molecule has 0 aromatic heterocycles. The van der Waals surface area contributed by atoms with Gasteiger partial charge in [0.2, 0.25) is 5.91 Å². The monoisotopic (exact) mass is 657 g/mol. The van der Waals surface area contributed by atoms with E-state index in [1.54, 1.807) is 4.72 Å². The van der Waals surface area contributed by atoms with E-state index in [0.29, 0.717) is 10.5 Å². The van der Waals surface area contributed by atoms with E-state index in [4.69, 9.17) is 4.74 Å². The molecular weight excluding hydrogens is 626 g/mol. The summed E-state index contributed by atoms with van der Waals surface area (Å²) in [5.74, 6) is -2.74. The number of hydrogen-bond acceptors (Lipinski definition) is 7. The lowest BCUT2D eigenvalue weighted by Gasteiger charge is -2.32. The molecule has 1 aliphatic heterocycles. The molecule has 1 saturated heterocycles. The van der Waals surface area contributed by atoms with Gasteiger partial charge in [-0.2, -0.15) is 26.3 Å². The fourth-order valence-corrected chi connectivity index (χ4v) is 6.46. The lowest BCUT2D eigenvalue weighted by molar-refractivity contribution is -0.187. The molecule has 3 atom stereocenters. The van der Waals surface area contributed by atoms with Crippen LogP contribution in [-0.4, -0.2) is 79.5 Å². The Morgan fingerprint density at radius 2 is 1.82 bits per heavy atom. The molecule has 3 fully saturated rings. The predicted octanol–water partition coefficient (Wildman–Crippen LogP) is 2.64. The number of nitrogens with one attached hydrogen (secondary N) is 3. The number of ether oxygens (including phenoxy) is 1. The summed E-state index contributed by atoms with van der Waals surface area (Å²) < 4.78 is 88.2. The number of nitrogens with zero attached hydrogens (tertiary/aromatic N) is 2. The van der Waals surface area contributed by atoms with Crippen LogP contribution in [0.4, 0.5) is 27.2 Å². The van der Waals surface area contributed by atoms with Crippen LogP contribution in [0.15, 0.2) is 47.7 Å². The van der Waals surface area contributed by atoms with Crippen molar-refractivity contribution in [3.63, 3.8) is 0 Å². The Morgan fingerprint density at radius 3 is 2.47 bits per heavy atom. The number of carbonyl (C=O) groups is 4. The van der Waals surface area contributed by atoms with Crippen molar-refractivity contribution in [1.29, 1.82) is 0 Å². The van der Waals surface area contributed by atoms with Crippen LogP contribution in [0.2, 0.25) is 0 Å². The first kappa shape index (κ1) is 32.4. The molecule has 5 rings (SSSR count). The lowest BCUT2D eigenvalue weighted by Crippen LogP contribution is -2.50. The maximum atomic E-state index is 13.7. The van der Waals surface area contributed by atoms with Gasteiger partial charge in [-0.15, -0.1) is 0 Å². The summed E-state index contributed by atoms with van der Waals surface area (Å²) in [6.07, 6.45) is -0.855. The van der Waals surface area contributed by atoms with E-state index >= 15 is 0 Å². The summed E-state index contributed by atoms with van der Waals surface area (Å²) >= 11 is 0. The number of ketones is 1. The molecule has 1 heterocycles. The number of halogens is 4. The molecule has 1 spiro atoms. The fraction of sp³-hybridized carbons (Fsp3) is 0.500. The average Bonchev–Trinajstić information content (AvgIpc) is 3.65. The van der Waals surface area contributed by atoms with E-state index in [0.717, 1.165) is 36.8 Å². The lowest BCUT2D eigenvalue weighted by atomic mass is 9.85.